The van der Waals surface area contributed by atoms with E-state index in [2.05, 4.69) is 12.2 Å². The highest BCUT2D eigenvalue weighted by atomic mass is 16.4. The fraction of sp³-hybridized carbons (Fsp3) is 0.875. The summed E-state index contributed by atoms with van der Waals surface area (Å²) < 4.78 is 0. The van der Waals surface area contributed by atoms with Crippen molar-refractivity contribution >= 4 is 12.0 Å². The maximum Gasteiger partial charge on any atom is 0.329 e. The molecule has 0 bridgehead atoms. The maximum atomic E-state index is 12.6. The van der Waals surface area contributed by atoms with Crippen LogP contribution in [0.1, 0.15) is 65.2 Å². The molecule has 0 unspecified atom stereocenters. The van der Waals surface area contributed by atoms with E-state index in [9.17, 15) is 14.7 Å². The summed E-state index contributed by atoms with van der Waals surface area (Å²) in [6.45, 7) is 4.75. The highest BCUT2D eigenvalue weighted by Crippen LogP contribution is 2.33. The van der Waals surface area contributed by atoms with Gasteiger partial charge in [-0.15, -0.1) is 0 Å². The van der Waals surface area contributed by atoms with Gasteiger partial charge in [-0.2, -0.15) is 0 Å². The summed E-state index contributed by atoms with van der Waals surface area (Å²) in [5.74, 6) is -0.336. The number of nitrogens with zero attached hydrogens (tertiary/aromatic N) is 1. The number of carbonyl (C=O) groups is 2. The van der Waals surface area contributed by atoms with Crippen molar-refractivity contribution in [3.63, 3.8) is 0 Å². The molecule has 2 rings (SSSR count). The van der Waals surface area contributed by atoms with E-state index >= 15 is 0 Å². The molecule has 5 heteroatoms. The van der Waals surface area contributed by atoms with Crippen LogP contribution in [0.2, 0.25) is 0 Å². The SMILES string of the molecule is CCN(C(=O)NC1(C(=O)O)CCC(C)CC1)C1CCCC1. The van der Waals surface area contributed by atoms with Crippen molar-refractivity contribution in [1.82, 2.24) is 10.2 Å². The lowest BCUT2D eigenvalue weighted by Crippen LogP contribution is -2.60. The first kappa shape index (κ1) is 16.1. The second kappa shape index (κ2) is 6.67. The lowest BCUT2D eigenvalue weighted by Gasteiger charge is -2.39. The van der Waals surface area contributed by atoms with Crippen molar-refractivity contribution in [1.29, 1.82) is 0 Å². The van der Waals surface area contributed by atoms with Gasteiger partial charge in [-0.1, -0.05) is 19.8 Å². The van der Waals surface area contributed by atoms with E-state index in [1.165, 1.54) is 0 Å². The fourth-order valence-electron chi connectivity index (χ4n) is 3.71. The monoisotopic (exact) mass is 296 g/mol. The molecular weight excluding hydrogens is 268 g/mol. The smallest absolute Gasteiger partial charge is 0.329 e. The van der Waals surface area contributed by atoms with Gasteiger partial charge in [0.05, 0.1) is 0 Å². The van der Waals surface area contributed by atoms with Crippen molar-refractivity contribution in [2.45, 2.75) is 76.8 Å². The Morgan fingerprint density at radius 2 is 1.76 bits per heavy atom. The molecule has 0 aliphatic heterocycles. The first-order valence-electron chi connectivity index (χ1n) is 8.30. The van der Waals surface area contributed by atoms with Crippen LogP contribution in [-0.2, 0) is 4.79 Å². The summed E-state index contributed by atoms with van der Waals surface area (Å²) in [4.78, 5) is 26.1. The van der Waals surface area contributed by atoms with E-state index in [0.717, 1.165) is 38.5 Å². The highest BCUT2D eigenvalue weighted by molar-refractivity contribution is 5.86. The predicted octanol–water partition coefficient (Wildman–Crippen LogP) is 2.99. The second-order valence-corrected chi connectivity index (χ2v) is 6.72. The second-order valence-electron chi connectivity index (χ2n) is 6.72. The Labute approximate surface area is 127 Å². The molecule has 0 aromatic rings. The lowest BCUT2D eigenvalue weighted by molar-refractivity contribution is -0.146. The van der Waals surface area contributed by atoms with Crippen LogP contribution in [0, 0.1) is 5.92 Å². The standard InChI is InChI=1S/C16H28N2O3/c1-3-18(13-6-4-5-7-13)15(21)17-16(14(19)20)10-8-12(2)9-11-16/h12-13H,3-11H2,1-2H3,(H,17,21)(H,19,20). The van der Waals surface area contributed by atoms with Crippen LogP contribution in [0.5, 0.6) is 0 Å². The fourth-order valence-corrected chi connectivity index (χ4v) is 3.71. The van der Waals surface area contributed by atoms with E-state index in [0.29, 0.717) is 25.3 Å². The third-order valence-corrected chi connectivity index (χ3v) is 5.25. The van der Waals surface area contributed by atoms with Gasteiger partial charge >= 0.3 is 12.0 Å². The average Bonchev–Trinajstić information content (AvgIpc) is 2.96. The Morgan fingerprint density at radius 3 is 2.24 bits per heavy atom. The van der Waals surface area contributed by atoms with Gasteiger partial charge in [0.25, 0.3) is 0 Å². The molecule has 0 aromatic heterocycles. The molecule has 2 amide bonds. The van der Waals surface area contributed by atoms with Gasteiger partial charge in [0.1, 0.15) is 5.54 Å². The maximum absolute atomic E-state index is 12.6. The summed E-state index contributed by atoms with van der Waals surface area (Å²) in [7, 11) is 0. The number of hydrogen-bond acceptors (Lipinski definition) is 2. The molecule has 0 aromatic carbocycles. The molecule has 2 saturated carbocycles. The third kappa shape index (κ3) is 3.50. The number of urea groups is 1. The number of hydrogen-bond donors (Lipinski definition) is 2. The predicted molar refractivity (Wildman–Crippen MR) is 81.2 cm³/mol. The topological polar surface area (TPSA) is 69.6 Å². The van der Waals surface area contributed by atoms with Crippen LogP contribution in [0.3, 0.4) is 0 Å². The van der Waals surface area contributed by atoms with Gasteiger partial charge in [0.15, 0.2) is 0 Å². The number of nitrogens with one attached hydrogen (secondary N) is 1. The number of aliphatic carboxylic acids is 1. The third-order valence-electron chi connectivity index (χ3n) is 5.25. The van der Waals surface area contributed by atoms with Crippen molar-refractivity contribution in [3.8, 4) is 0 Å². The van der Waals surface area contributed by atoms with Crippen molar-refractivity contribution in [3.05, 3.63) is 0 Å². The van der Waals surface area contributed by atoms with Crippen LogP contribution >= 0.6 is 0 Å². The number of carboxylic acids is 1. The lowest BCUT2D eigenvalue weighted by atomic mass is 9.77. The summed E-state index contributed by atoms with van der Waals surface area (Å²) in [5, 5.41) is 12.5. The summed E-state index contributed by atoms with van der Waals surface area (Å²) >= 11 is 0. The molecule has 5 nitrogen and oxygen atoms in total. The first-order valence-corrected chi connectivity index (χ1v) is 8.30. The zero-order valence-electron chi connectivity index (χ0n) is 13.2. The van der Waals surface area contributed by atoms with Gasteiger partial charge in [-0.3, -0.25) is 0 Å². The molecule has 0 spiro atoms. The Morgan fingerprint density at radius 1 is 1.19 bits per heavy atom. The van der Waals surface area contributed by atoms with Crippen LogP contribution in [0.25, 0.3) is 0 Å². The van der Waals surface area contributed by atoms with E-state index < -0.39 is 11.5 Å². The zero-order valence-corrected chi connectivity index (χ0v) is 13.2. The summed E-state index contributed by atoms with van der Waals surface area (Å²) in [6.07, 6.45) is 7.21. The van der Waals surface area contributed by atoms with Crippen molar-refractivity contribution in [2.24, 2.45) is 5.92 Å². The average molecular weight is 296 g/mol. The van der Waals surface area contributed by atoms with E-state index in [1.807, 2.05) is 11.8 Å². The summed E-state index contributed by atoms with van der Waals surface area (Å²) in [5.41, 5.74) is -1.06. The molecule has 120 valence electrons. The zero-order chi connectivity index (χ0) is 15.5. The van der Waals surface area contributed by atoms with E-state index in [-0.39, 0.29) is 12.1 Å². The molecule has 2 aliphatic carbocycles. The van der Waals surface area contributed by atoms with Crippen LogP contribution in [-0.4, -0.2) is 40.1 Å². The minimum absolute atomic E-state index is 0.193. The number of rotatable bonds is 4. The quantitative estimate of drug-likeness (QED) is 0.838. The van der Waals surface area contributed by atoms with Gasteiger partial charge in [-0.25, -0.2) is 9.59 Å². The number of carboxylic acid groups (broad SMARTS) is 1. The molecule has 0 heterocycles. The number of carbonyl (C=O) groups excluding carboxylic acids is 1. The normalized spacial score (nSPS) is 30.1. The van der Waals surface area contributed by atoms with Crippen LogP contribution in [0.15, 0.2) is 0 Å². The van der Waals surface area contributed by atoms with E-state index in [4.69, 9.17) is 0 Å². The first-order chi connectivity index (χ1) is 9.98. The van der Waals surface area contributed by atoms with Gasteiger partial charge < -0.3 is 15.3 Å². The Balaban J connectivity index is 2.05. The highest BCUT2D eigenvalue weighted by Gasteiger charge is 2.43. The molecule has 2 N–H and O–H groups in total. The van der Waals surface area contributed by atoms with Gasteiger partial charge in [0, 0.05) is 12.6 Å². The minimum Gasteiger partial charge on any atom is -0.480 e. The van der Waals surface area contributed by atoms with Gasteiger partial charge in [0.2, 0.25) is 0 Å². The Kier molecular flexibility index (Phi) is 5.12. The molecule has 0 radical (unpaired) electrons. The largest absolute Gasteiger partial charge is 0.480 e. The van der Waals surface area contributed by atoms with Crippen molar-refractivity contribution in [2.75, 3.05) is 6.54 Å². The van der Waals surface area contributed by atoms with E-state index in [1.54, 1.807) is 0 Å². The Hall–Kier alpha value is -1.26. The molecule has 2 aliphatic rings. The molecule has 2 fully saturated rings. The molecule has 0 atom stereocenters. The summed E-state index contributed by atoms with van der Waals surface area (Å²) in [6, 6.07) is 0.0877. The van der Waals surface area contributed by atoms with Crippen LogP contribution in [0.4, 0.5) is 4.79 Å². The molecular formula is C16H28N2O3. The molecule has 0 saturated heterocycles. The van der Waals surface area contributed by atoms with Crippen molar-refractivity contribution < 1.29 is 14.7 Å². The van der Waals surface area contributed by atoms with Crippen LogP contribution < -0.4 is 5.32 Å². The minimum atomic E-state index is -1.06. The Bertz CT molecular complexity index is 383. The van der Waals surface area contributed by atoms with Gasteiger partial charge in [-0.05, 0) is 51.4 Å². The molecule has 21 heavy (non-hydrogen) atoms. The number of amides is 2.